The first-order chi connectivity index (χ1) is 13.2. The van der Waals surface area contributed by atoms with Crippen LogP contribution in [0.4, 0.5) is 0 Å². The van der Waals surface area contributed by atoms with Crippen molar-refractivity contribution < 1.29 is 8.17 Å². The van der Waals surface area contributed by atoms with Gasteiger partial charge in [-0.2, -0.15) is 0 Å². The van der Waals surface area contributed by atoms with Crippen LogP contribution in [0.25, 0.3) is 0 Å². The van der Waals surface area contributed by atoms with Crippen LogP contribution >= 0.6 is 23.0 Å². The number of aliphatic hydroxyl groups is 1. The van der Waals surface area contributed by atoms with E-state index in [1.54, 1.807) is 4.90 Å². The molecule has 0 fully saturated rings. The Bertz CT molecular complexity index is 708. The molecule has 0 aliphatic heterocycles. The maximum atomic E-state index is 10.1. The highest BCUT2D eigenvalue weighted by molar-refractivity contribution is 14.1. The van der Waals surface area contributed by atoms with E-state index in [1.165, 1.54) is 11.1 Å². The molecule has 1 N–H and O–H groups in total. The van der Waals surface area contributed by atoms with Gasteiger partial charge in [0.05, 0.1) is 31.4 Å². The van der Waals surface area contributed by atoms with Crippen molar-refractivity contribution in [3.63, 3.8) is 0 Å². The molecule has 2 aromatic carbocycles. The minimum absolute atomic E-state index is 0.559. The zero-order valence-corrected chi connectivity index (χ0v) is 18.1. The first-order valence-corrected chi connectivity index (χ1v) is 10.2. The second-order valence-corrected chi connectivity index (χ2v) is 7.49. The number of rotatable bonds is 11. The van der Waals surface area contributed by atoms with Gasteiger partial charge in [0.1, 0.15) is 5.75 Å². The third kappa shape index (κ3) is 6.89. The van der Waals surface area contributed by atoms with E-state index >= 15 is 0 Å². The SMILES string of the molecule is [B]C([B])(O)C([B])([B])N(CCCc1ccccc1)CCCc1ccc(OI)cc1. The molecule has 0 aliphatic rings. The van der Waals surface area contributed by atoms with Crippen molar-refractivity contribution in [3.05, 3.63) is 65.7 Å². The quantitative estimate of drug-likeness (QED) is 0.397. The van der Waals surface area contributed by atoms with Crippen molar-refractivity contribution >= 4 is 54.4 Å². The molecule has 0 amide bonds. The Balaban J connectivity index is 1.95. The fourth-order valence-electron chi connectivity index (χ4n) is 3.04. The van der Waals surface area contributed by atoms with E-state index in [9.17, 15) is 5.11 Å². The number of benzene rings is 2. The van der Waals surface area contributed by atoms with Gasteiger partial charge in [-0.05, 0) is 72.8 Å². The van der Waals surface area contributed by atoms with Crippen LogP contribution in [0.3, 0.4) is 0 Å². The molecular formula is C20H22B4INO2. The van der Waals surface area contributed by atoms with Crippen LogP contribution in [0.1, 0.15) is 24.0 Å². The van der Waals surface area contributed by atoms with Gasteiger partial charge >= 0.3 is 0 Å². The van der Waals surface area contributed by atoms with Crippen molar-refractivity contribution in [3.8, 4) is 5.75 Å². The Morgan fingerprint density at radius 2 is 1.32 bits per heavy atom. The third-order valence-electron chi connectivity index (χ3n) is 4.81. The van der Waals surface area contributed by atoms with Crippen LogP contribution in [0, 0.1) is 0 Å². The molecule has 2 rings (SSSR count). The third-order valence-corrected chi connectivity index (χ3v) is 5.32. The lowest BCUT2D eigenvalue weighted by molar-refractivity contribution is 0.0884. The Kier molecular flexibility index (Phi) is 9.03. The van der Waals surface area contributed by atoms with Gasteiger partial charge in [0.15, 0.2) is 23.0 Å². The number of nitrogens with zero attached hydrogens (tertiary/aromatic N) is 1. The van der Waals surface area contributed by atoms with Gasteiger partial charge < -0.3 is 13.1 Å². The van der Waals surface area contributed by atoms with Crippen LogP contribution in [0.2, 0.25) is 0 Å². The second kappa shape index (κ2) is 10.8. The summed E-state index contributed by atoms with van der Waals surface area (Å²) in [6, 6.07) is 18.1. The maximum absolute atomic E-state index is 10.1. The highest BCUT2D eigenvalue weighted by Gasteiger charge is 2.37. The monoisotopic (exact) mass is 479 g/mol. The predicted octanol–water partition coefficient (Wildman–Crippen LogP) is 2.26. The van der Waals surface area contributed by atoms with Gasteiger partial charge in [-0.1, -0.05) is 42.5 Å². The lowest BCUT2D eigenvalue weighted by Crippen LogP contribution is -2.67. The summed E-state index contributed by atoms with van der Waals surface area (Å²) in [5.74, 6) is 0.811. The van der Waals surface area contributed by atoms with Crippen LogP contribution in [-0.4, -0.2) is 65.2 Å². The molecule has 2 aromatic rings. The minimum Gasteiger partial charge on any atom is -0.428 e. The Morgan fingerprint density at radius 1 is 0.821 bits per heavy atom. The summed E-state index contributed by atoms with van der Waals surface area (Å²) in [5.41, 5.74) is 2.41. The maximum Gasteiger partial charge on any atom is 0.192 e. The van der Waals surface area contributed by atoms with Crippen LogP contribution < -0.4 is 3.07 Å². The van der Waals surface area contributed by atoms with E-state index in [0.29, 0.717) is 13.1 Å². The van der Waals surface area contributed by atoms with E-state index < -0.39 is 10.7 Å². The molecule has 0 heterocycles. The standard InChI is InChI=1S/C20H22B4INO2/c21-19(22,20(23,24)27)26(14-4-8-16-6-2-1-3-7-16)15-5-9-17-10-12-18(28-25)13-11-17/h1-3,6-7,10-13,27H,4-5,8-9,14-15H2. The van der Waals surface area contributed by atoms with Crippen molar-refractivity contribution in [1.29, 1.82) is 0 Å². The van der Waals surface area contributed by atoms with E-state index in [1.807, 2.05) is 65.5 Å². The van der Waals surface area contributed by atoms with Crippen LogP contribution in [0.15, 0.2) is 54.6 Å². The minimum atomic E-state index is -2.21. The summed E-state index contributed by atoms with van der Waals surface area (Å²) < 4.78 is 5.15. The second-order valence-electron chi connectivity index (χ2n) is 7.05. The van der Waals surface area contributed by atoms with E-state index in [2.05, 4.69) is 12.1 Å². The topological polar surface area (TPSA) is 32.7 Å². The largest absolute Gasteiger partial charge is 0.428 e. The van der Waals surface area contributed by atoms with E-state index in [0.717, 1.165) is 31.4 Å². The lowest BCUT2D eigenvalue weighted by atomic mass is 9.39. The van der Waals surface area contributed by atoms with Gasteiger partial charge in [0.25, 0.3) is 0 Å². The molecule has 28 heavy (non-hydrogen) atoms. The molecule has 0 unspecified atom stereocenters. The highest BCUT2D eigenvalue weighted by atomic mass is 127. The van der Waals surface area contributed by atoms with Crippen molar-refractivity contribution in [2.75, 3.05) is 13.1 Å². The molecule has 8 heteroatoms. The molecule has 8 radical (unpaired) electrons. The summed E-state index contributed by atoms with van der Waals surface area (Å²) >= 11 is 1.85. The van der Waals surface area contributed by atoms with E-state index in [-0.39, 0.29) is 0 Å². The van der Waals surface area contributed by atoms with Gasteiger partial charge in [-0.15, -0.1) is 0 Å². The molecule has 0 spiro atoms. The van der Waals surface area contributed by atoms with Gasteiger partial charge in [0, 0.05) is 0 Å². The smallest absolute Gasteiger partial charge is 0.192 e. The van der Waals surface area contributed by atoms with Gasteiger partial charge in [0.2, 0.25) is 0 Å². The average Bonchev–Trinajstić information content (AvgIpc) is 2.67. The molecule has 3 nitrogen and oxygen atoms in total. The van der Waals surface area contributed by atoms with Gasteiger partial charge in [-0.3, -0.25) is 0 Å². The number of halogens is 1. The molecule has 0 saturated heterocycles. The van der Waals surface area contributed by atoms with Crippen molar-refractivity contribution in [1.82, 2.24) is 4.90 Å². The zero-order chi connectivity index (χ0) is 20.6. The molecular weight excluding hydrogens is 456 g/mol. The van der Waals surface area contributed by atoms with Gasteiger partial charge in [-0.25, -0.2) is 0 Å². The fourth-order valence-corrected chi connectivity index (χ4v) is 3.33. The summed E-state index contributed by atoms with van der Waals surface area (Å²) in [4.78, 5) is 1.76. The zero-order valence-electron chi connectivity index (χ0n) is 15.9. The highest BCUT2D eigenvalue weighted by Crippen LogP contribution is 2.21. The Hall–Kier alpha value is -0.850. The first kappa shape index (κ1) is 23.4. The average molecular weight is 479 g/mol. The van der Waals surface area contributed by atoms with E-state index in [4.69, 9.17) is 34.5 Å². The molecule has 0 aromatic heterocycles. The summed E-state index contributed by atoms with van der Waals surface area (Å²) in [6.07, 6.45) is 3.32. The molecule has 0 bridgehead atoms. The number of aryl methyl sites for hydroxylation is 2. The first-order valence-electron chi connectivity index (χ1n) is 9.28. The van der Waals surface area contributed by atoms with Crippen molar-refractivity contribution in [2.45, 2.75) is 36.4 Å². The molecule has 0 saturated carbocycles. The number of hydrogen-bond acceptors (Lipinski definition) is 3. The lowest BCUT2D eigenvalue weighted by Gasteiger charge is -2.49. The summed E-state index contributed by atoms with van der Waals surface area (Å²) in [7, 11) is 23.5. The number of hydrogen-bond donors (Lipinski definition) is 1. The van der Waals surface area contributed by atoms with Crippen LogP contribution in [0.5, 0.6) is 5.75 Å². The molecule has 138 valence electrons. The Labute approximate surface area is 187 Å². The van der Waals surface area contributed by atoms with Crippen molar-refractivity contribution in [2.24, 2.45) is 0 Å². The molecule has 0 aliphatic carbocycles. The fraction of sp³-hybridized carbons (Fsp3) is 0.400. The normalized spacial score (nSPS) is 12.2. The van der Waals surface area contributed by atoms with Crippen LogP contribution in [-0.2, 0) is 12.8 Å². The Morgan fingerprint density at radius 3 is 1.79 bits per heavy atom. The molecule has 0 atom stereocenters. The predicted molar refractivity (Wildman–Crippen MR) is 126 cm³/mol. The summed E-state index contributed by atoms with van der Waals surface area (Å²) in [5, 5.41) is 6.11. The summed E-state index contributed by atoms with van der Waals surface area (Å²) in [6.45, 7) is 1.13.